The number of nitrogens with zero attached hydrogens (tertiary/aromatic N) is 3. The summed E-state index contributed by atoms with van der Waals surface area (Å²) in [6, 6.07) is 76.6. The molecule has 0 saturated heterocycles. The number of fused-ring (bicyclic) bond motifs is 10. The van der Waals surface area contributed by atoms with Gasteiger partial charge in [0.1, 0.15) is 5.58 Å². The predicted octanol–water partition coefficient (Wildman–Crippen LogP) is 16.5. The average molecular weight is 796 g/mol. The second-order valence-corrected chi connectivity index (χ2v) is 16.2. The van der Waals surface area contributed by atoms with Crippen LogP contribution in [0.1, 0.15) is 11.1 Å². The van der Waals surface area contributed by atoms with Gasteiger partial charge in [0, 0.05) is 55.1 Å². The number of furan rings is 1. The number of anilines is 6. The van der Waals surface area contributed by atoms with Gasteiger partial charge in [-0.05, 0) is 96.4 Å². The number of aryl methyl sites for hydroxylation is 2. The SMILES string of the molecule is Cc1ccccc1N(c1ccccc1)c1cc2c(c3ccccc13)c1c3ccccc3c(N(c3ccccc3)c3ccccc3C)cc1n2-c1cccc2c1oc1ccccc12. The van der Waals surface area contributed by atoms with Crippen molar-refractivity contribution < 1.29 is 4.42 Å². The van der Waals surface area contributed by atoms with E-state index in [4.69, 9.17) is 4.42 Å². The highest BCUT2D eigenvalue weighted by molar-refractivity contribution is 6.32. The first-order valence-electron chi connectivity index (χ1n) is 21.3. The van der Waals surface area contributed by atoms with Gasteiger partial charge in [0.15, 0.2) is 5.58 Å². The minimum atomic E-state index is 0.856. The second-order valence-electron chi connectivity index (χ2n) is 16.2. The summed E-state index contributed by atoms with van der Waals surface area (Å²) in [5.41, 5.74) is 14.0. The van der Waals surface area contributed by atoms with E-state index in [2.05, 4.69) is 241 Å². The maximum Gasteiger partial charge on any atom is 0.159 e. The van der Waals surface area contributed by atoms with E-state index >= 15 is 0 Å². The Labute approximate surface area is 359 Å². The van der Waals surface area contributed by atoms with E-state index in [0.717, 1.165) is 72.8 Å². The van der Waals surface area contributed by atoms with Crippen molar-refractivity contribution in [2.24, 2.45) is 0 Å². The Bertz CT molecular complexity index is 3490. The van der Waals surface area contributed by atoms with Gasteiger partial charge < -0.3 is 18.8 Å². The minimum absolute atomic E-state index is 0.856. The van der Waals surface area contributed by atoms with Crippen molar-refractivity contribution in [3.63, 3.8) is 0 Å². The Morgan fingerprint density at radius 2 is 0.774 bits per heavy atom. The van der Waals surface area contributed by atoms with Gasteiger partial charge in [-0.3, -0.25) is 0 Å². The highest BCUT2D eigenvalue weighted by Crippen LogP contribution is 2.51. The molecular formula is C58H41N3O. The maximum atomic E-state index is 6.90. The van der Waals surface area contributed by atoms with Crippen LogP contribution in [0.2, 0.25) is 0 Å². The summed E-state index contributed by atoms with van der Waals surface area (Å²) in [5, 5.41) is 9.32. The molecule has 12 aromatic rings. The van der Waals surface area contributed by atoms with Crippen molar-refractivity contribution in [3.05, 3.63) is 223 Å². The number of hydrogen-bond acceptors (Lipinski definition) is 3. The third-order valence-corrected chi connectivity index (χ3v) is 12.6. The smallest absolute Gasteiger partial charge is 0.159 e. The molecule has 62 heavy (non-hydrogen) atoms. The quantitative estimate of drug-likeness (QED) is 0.161. The second kappa shape index (κ2) is 14.3. The van der Waals surface area contributed by atoms with Crippen molar-refractivity contribution in [1.82, 2.24) is 4.57 Å². The van der Waals surface area contributed by atoms with Crippen LogP contribution in [0.25, 0.3) is 71.0 Å². The molecule has 0 aliphatic heterocycles. The van der Waals surface area contributed by atoms with E-state index in [9.17, 15) is 0 Å². The van der Waals surface area contributed by atoms with Crippen molar-refractivity contribution in [2.75, 3.05) is 9.80 Å². The van der Waals surface area contributed by atoms with Gasteiger partial charge in [0.05, 0.1) is 28.1 Å². The normalized spacial score (nSPS) is 11.7. The molecule has 0 saturated carbocycles. The third-order valence-electron chi connectivity index (χ3n) is 12.6. The van der Waals surface area contributed by atoms with E-state index in [1.54, 1.807) is 0 Å². The molecule has 0 aliphatic carbocycles. The molecule has 0 bridgehead atoms. The number of aromatic nitrogens is 1. The zero-order chi connectivity index (χ0) is 41.3. The molecule has 2 aromatic heterocycles. The van der Waals surface area contributed by atoms with E-state index in [1.165, 1.54) is 43.4 Å². The standard InChI is InChI=1S/C58H41N3O/c1-38-20-9-16-32-48(38)59(40-22-5-3-6-23-40)51-36-53-56(45-29-13-11-26-42(45)51)57-46-30-14-12-27-43(46)52(60(41-24-7-4-8-25-41)49-33-17-10-21-39(49)2)37-54(57)61(53)50-34-19-31-47-44-28-15-18-35-55(44)62-58(47)50/h3-37H,1-2H3. The lowest BCUT2D eigenvalue weighted by molar-refractivity contribution is 0.666. The number of rotatable bonds is 7. The van der Waals surface area contributed by atoms with Gasteiger partial charge in [0.25, 0.3) is 0 Å². The summed E-state index contributed by atoms with van der Waals surface area (Å²) in [5.74, 6) is 0. The van der Waals surface area contributed by atoms with Gasteiger partial charge in [-0.1, -0.05) is 152 Å². The molecule has 0 unspecified atom stereocenters. The molecule has 10 aromatic carbocycles. The lowest BCUT2D eigenvalue weighted by Crippen LogP contribution is -2.12. The molecule has 0 N–H and O–H groups in total. The summed E-state index contributed by atoms with van der Waals surface area (Å²) >= 11 is 0. The molecule has 2 heterocycles. The topological polar surface area (TPSA) is 24.6 Å². The minimum Gasteiger partial charge on any atom is -0.454 e. The van der Waals surface area contributed by atoms with Crippen LogP contribution in [0.15, 0.2) is 217 Å². The van der Waals surface area contributed by atoms with Crippen LogP contribution >= 0.6 is 0 Å². The largest absolute Gasteiger partial charge is 0.454 e. The fourth-order valence-corrected chi connectivity index (χ4v) is 9.83. The van der Waals surface area contributed by atoms with Crippen LogP contribution in [-0.4, -0.2) is 4.57 Å². The monoisotopic (exact) mass is 795 g/mol. The van der Waals surface area contributed by atoms with Crippen LogP contribution in [-0.2, 0) is 0 Å². The summed E-state index contributed by atoms with van der Waals surface area (Å²) < 4.78 is 9.38. The van der Waals surface area contributed by atoms with Crippen LogP contribution in [0.4, 0.5) is 34.1 Å². The van der Waals surface area contributed by atoms with E-state index in [0.29, 0.717) is 0 Å². The Morgan fingerprint density at radius 1 is 0.355 bits per heavy atom. The first-order chi connectivity index (χ1) is 30.6. The fraction of sp³-hybridized carbons (Fsp3) is 0.0345. The van der Waals surface area contributed by atoms with E-state index in [1.807, 2.05) is 0 Å². The molecule has 0 atom stereocenters. The van der Waals surface area contributed by atoms with Crippen LogP contribution in [0, 0.1) is 13.8 Å². The molecule has 0 fully saturated rings. The molecule has 4 heteroatoms. The Balaban J connectivity index is 1.30. The Hall–Kier alpha value is -8.08. The van der Waals surface area contributed by atoms with Gasteiger partial charge in [-0.25, -0.2) is 0 Å². The number of benzene rings is 10. The van der Waals surface area contributed by atoms with Gasteiger partial charge in [0.2, 0.25) is 0 Å². The lowest BCUT2D eigenvalue weighted by Gasteiger charge is -2.28. The summed E-state index contributed by atoms with van der Waals surface area (Å²) in [7, 11) is 0. The molecule has 294 valence electrons. The zero-order valence-corrected chi connectivity index (χ0v) is 34.5. The molecule has 0 radical (unpaired) electrons. The lowest BCUT2D eigenvalue weighted by atomic mass is 9.96. The van der Waals surface area contributed by atoms with E-state index in [-0.39, 0.29) is 0 Å². The number of para-hydroxylation sites is 6. The van der Waals surface area contributed by atoms with Crippen molar-refractivity contribution in [1.29, 1.82) is 0 Å². The van der Waals surface area contributed by atoms with Crippen LogP contribution < -0.4 is 9.80 Å². The summed E-state index contributed by atoms with van der Waals surface area (Å²) in [6.07, 6.45) is 0. The van der Waals surface area contributed by atoms with Crippen LogP contribution in [0.3, 0.4) is 0 Å². The van der Waals surface area contributed by atoms with Crippen molar-refractivity contribution >= 4 is 99.4 Å². The summed E-state index contributed by atoms with van der Waals surface area (Å²) in [4.78, 5) is 4.86. The number of hydrogen-bond donors (Lipinski definition) is 0. The molecule has 0 amide bonds. The Kier molecular flexibility index (Phi) is 8.26. The average Bonchev–Trinajstić information content (AvgIpc) is 3.87. The molecular weight excluding hydrogens is 755 g/mol. The highest BCUT2D eigenvalue weighted by Gasteiger charge is 2.27. The third kappa shape index (κ3) is 5.47. The predicted molar refractivity (Wildman–Crippen MR) is 262 cm³/mol. The maximum absolute atomic E-state index is 6.90. The molecule has 0 spiro atoms. The highest BCUT2D eigenvalue weighted by atomic mass is 16.3. The van der Waals surface area contributed by atoms with E-state index < -0.39 is 0 Å². The fourth-order valence-electron chi connectivity index (χ4n) is 9.83. The van der Waals surface area contributed by atoms with Gasteiger partial charge in [-0.15, -0.1) is 0 Å². The first kappa shape index (κ1) is 35.8. The van der Waals surface area contributed by atoms with Gasteiger partial charge >= 0.3 is 0 Å². The van der Waals surface area contributed by atoms with Crippen molar-refractivity contribution in [3.8, 4) is 5.69 Å². The first-order valence-corrected chi connectivity index (χ1v) is 21.3. The zero-order valence-electron chi connectivity index (χ0n) is 34.5. The molecule has 4 nitrogen and oxygen atoms in total. The Morgan fingerprint density at radius 3 is 1.29 bits per heavy atom. The molecule has 0 aliphatic rings. The van der Waals surface area contributed by atoms with Crippen molar-refractivity contribution in [2.45, 2.75) is 13.8 Å². The molecule has 12 rings (SSSR count). The van der Waals surface area contributed by atoms with Crippen LogP contribution in [0.5, 0.6) is 0 Å². The summed E-state index contributed by atoms with van der Waals surface area (Å²) in [6.45, 7) is 4.40. The van der Waals surface area contributed by atoms with Gasteiger partial charge in [-0.2, -0.15) is 0 Å².